The molecule has 2 aromatic rings. The van der Waals surface area contributed by atoms with Crippen molar-refractivity contribution in [2.45, 2.75) is 51.5 Å². The molecule has 2 N–H and O–H groups in total. The van der Waals surface area contributed by atoms with E-state index in [-0.39, 0.29) is 17.0 Å². The lowest BCUT2D eigenvalue weighted by atomic mass is 10.1. The van der Waals surface area contributed by atoms with E-state index in [0.717, 1.165) is 12.1 Å². The van der Waals surface area contributed by atoms with Gasteiger partial charge in [-0.05, 0) is 31.4 Å². The van der Waals surface area contributed by atoms with E-state index < -0.39 is 0 Å². The molecule has 1 aliphatic carbocycles. The maximum atomic E-state index is 12.5. The zero-order chi connectivity index (χ0) is 17.6. The minimum Gasteiger partial charge on any atom is -0.351 e. The number of pyridine rings is 1. The maximum Gasteiger partial charge on any atom is 0.270 e. The molecular weight excluding hydrogens is 316 g/mol. The second kappa shape index (κ2) is 8.25. The largest absolute Gasteiger partial charge is 0.351 e. The van der Waals surface area contributed by atoms with E-state index in [0.29, 0.717) is 18.2 Å². The number of hydrogen-bond donors (Lipinski definition) is 2. The molecule has 0 spiro atoms. The van der Waals surface area contributed by atoms with E-state index in [1.54, 1.807) is 12.3 Å². The third-order valence-electron chi connectivity index (χ3n) is 4.79. The van der Waals surface area contributed by atoms with Crippen molar-refractivity contribution < 1.29 is 4.79 Å². The Morgan fingerprint density at radius 3 is 2.72 bits per heavy atom. The van der Waals surface area contributed by atoms with Crippen LogP contribution >= 0.6 is 0 Å². The van der Waals surface area contributed by atoms with Crippen molar-refractivity contribution in [2.75, 3.05) is 13.1 Å². The van der Waals surface area contributed by atoms with Crippen LogP contribution in [0.3, 0.4) is 0 Å². The summed E-state index contributed by atoms with van der Waals surface area (Å²) < 4.78 is 1.42. The fraction of sp³-hybridized carbons (Fsp3) is 0.526. The summed E-state index contributed by atoms with van der Waals surface area (Å²) in [4.78, 5) is 29.0. The topological polar surface area (TPSA) is 75.5 Å². The Balaban J connectivity index is 1.57. The van der Waals surface area contributed by atoms with Gasteiger partial charge in [0.15, 0.2) is 0 Å². The van der Waals surface area contributed by atoms with Crippen LogP contribution in [0.4, 0.5) is 0 Å². The normalized spacial score (nSPS) is 15.9. The van der Waals surface area contributed by atoms with Crippen LogP contribution in [0.1, 0.15) is 54.4 Å². The molecule has 0 bridgehead atoms. The SMILES string of the molecule is Cc1ccc2ncc(C(=O)NCCNC3CCCCCC3)c(=O)n2c1. The van der Waals surface area contributed by atoms with Crippen LogP contribution in [0, 0.1) is 6.92 Å². The van der Waals surface area contributed by atoms with Crippen molar-refractivity contribution in [2.24, 2.45) is 0 Å². The van der Waals surface area contributed by atoms with Crippen LogP contribution < -0.4 is 16.2 Å². The highest BCUT2D eigenvalue weighted by atomic mass is 16.2. The van der Waals surface area contributed by atoms with Gasteiger partial charge in [-0.15, -0.1) is 0 Å². The highest BCUT2D eigenvalue weighted by Gasteiger charge is 2.14. The number of amides is 1. The lowest BCUT2D eigenvalue weighted by molar-refractivity contribution is 0.0951. The molecule has 1 fully saturated rings. The fourth-order valence-electron chi connectivity index (χ4n) is 3.37. The van der Waals surface area contributed by atoms with Crippen molar-refractivity contribution in [1.82, 2.24) is 20.0 Å². The monoisotopic (exact) mass is 342 g/mol. The van der Waals surface area contributed by atoms with Crippen molar-refractivity contribution in [3.63, 3.8) is 0 Å². The van der Waals surface area contributed by atoms with E-state index in [1.807, 2.05) is 13.0 Å². The molecule has 6 nitrogen and oxygen atoms in total. The van der Waals surface area contributed by atoms with Gasteiger partial charge < -0.3 is 10.6 Å². The van der Waals surface area contributed by atoms with E-state index in [4.69, 9.17) is 0 Å². The van der Waals surface area contributed by atoms with Gasteiger partial charge in [-0.3, -0.25) is 14.0 Å². The molecule has 134 valence electrons. The Kier molecular flexibility index (Phi) is 5.81. The van der Waals surface area contributed by atoms with Gasteiger partial charge in [-0.2, -0.15) is 0 Å². The van der Waals surface area contributed by atoms with Crippen LogP contribution in [-0.2, 0) is 0 Å². The summed E-state index contributed by atoms with van der Waals surface area (Å²) in [6, 6.07) is 4.21. The van der Waals surface area contributed by atoms with Crippen LogP contribution in [0.5, 0.6) is 0 Å². The summed E-state index contributed by atoms with van der Waals surface area (Å²) >= 11 is 0. The fourth-order valence-corrected chi connectivity index (χ4v) is 3.37. The molecule has 0 unspecified atom stereocenters. The number of aryl methyl sites for hydroxylation is 1. The van der Waals surface area contributed by atoms with Gasteiger partial charge in [0.2, 0.25) is 0 Å². The highest BCUT2D eigenvalue weighted by Crippen LogP contribution is 2.16. The number of carbonyl (C=O) groups excluding carboxylic acids is 1. The Labute approximate surface area is 147 Å². The molecule has 0 atom stereocenters. The number of nitrogens with one attached hydrogen (secondary N) is 2. The number of nitrogens with zero attached hydrogens (tertiary/aromatic N) is 2. The summed E-state index contributed by atoms with van der Waals surface area (Å²) in [6.07, 6.45) is 10.7. The lowest BCUT2D eigenvalue weighted by Crippen LogP contribution is -2.38. The first kappa shape index (κ1) is 17.6. The standard InChI is InChI=1S/C19H26N4O2/c1-14-8-9-17-22-12-16(19(25)23(17)13-14)18(24)21-11-10-20-15-6-4-2-3-5-7-15/h8-9,12-13,15,20H,2-7,10-11H2,1H3,(H,21,24). The number of hydrogen-bond acceptors (Lipinski definition) is 4. The predicted octanol–water partition coefficient (Wildman–Crippen LogP) is 2.05. The van der Waals surface area contributed by atoms with Crippen LogP contribution in [0.2, 0.25) is 0 Å². The molecule has 0 aliphatic heterocycles. The van der Waals surface area contributed by atoms with Gasteiger partial charge in [0, 0.05) is 31.5 Å². The number of carbonyl (C=O) groups is 1. The average Bonchev–Trinajstić information content (AvgIpc) is 2.88. The molecular formula is C19H26N4O2. The van der Waals surface area contributed by atoms with Gasteiger partial charge in [0.1, 0.15) is 11.2 Å². The third-order valence-corrected chi connectivity index (χ3v) is 4.79. The summed E-state index contributed by atoms with van der Waals surface area (Å²) in [5.74, 6) is -0.365. The van der Waals surface area contributed by atoms with Crippen molar-refractivity contribution in [1.29, 1.82) is 0 Å². The van der Waals surface area contributed by atoms with E-state index >= 15 is 0 Å². The zero-order valence-corrected chi connectivity index (χ0v) is 14.8. The average molecular weight is 342 g/mol. The van der Waals surface area contributed by atoms with Gasteiger partial charge in [-0.25, -0.2) is 4.98 Å². The first-order valence-electron chi connectivity index (χ1n) is 9.15. The lowest BCUT2D eigenvalue weighted by Gasteiger charge is -2.16. The number of rotatable bonds is 5. The first-order valence-corrected chi connectivity index (χ1v) is 9.15. The molecule has 3 rings (SSSR count). The molecule has 2 aromatic heterocycles. The van der Waals surface area contributed by atoms with Crippen molar-refractivity contribution in [3.8, 4) is 0 Å². The molecule has 0 aromatic carbocycles. The summed E-state index contributed by atoms with van der Waals surface area (Å²) in [6.45, 7) is 3.13. The first-order chi connectivity index (χ1) is 12.1. The van der Waals surface area contributed by atoms with E-state index in [9.17, 15) is 9.59 Å². The molecule has 6 heteroatoms. The number of fused-ring (bicyclic) bond motifs is 1. The molecule has 0 saturated heterocycles. The van der Waals surface area contributed by atoms with Gasteiger partial charge >= 0.3 is 0 Å². The Hall–Kier alpha value is -2.21. The second-order valence-electron chi connectivity index (χ2n) is 6.81. The zero-order valence-electron chi connectivity index (χ0n) is 14.8. The van der Waals surface area contributed by atoms with Gasteiger partial charge in [0.25, 0.3) is 11.5 Å². The summed E-state index contributed by atoms with van der Waals surface area (Å²) in [7, 11) is 0. The molecule has 1 saturated carbocycles. The van der Waals surface area contributed by atoms with Crippen LogP contribution in [-0.4, -0.2) is 34.4 Å². The Bertz CT molecular complexity index is 792. The molecule has 0 radical (unpaired) electrons. The summed E-state index contributed by atoms with van der Waals surface area (Å²) in [5, 5.41) is 6.33. The van der Waals surface area contributed by atoms with Crippen LogP contribution in [0.25, 0.3) is 5.65 Å². The minimum absolute atomic E-state index is 0.0811. The number of aromatic nitrogens is 2. The predicted molar refractivity (Wildman–Crippen MR) is 98.0 cm³/mol. The van der Waals surface area contributed by atoms with Crippen molar-refractivity contribution in [3.05, 3.63) is 46.0 Å². The quantitative estimate of drug-likeness (QED) is 0.644. The highest BCUT2D eigenvalue weighted by molar-refractivity contribution is 5.93. The molecule has 25 heavy (non-hydrogen) atoms. The molecule has 1 aliphatic rings. The summed E-state index contributed by atoms with van der Waals surface area (Å²) in [5.41, 5.74) is 1.24. The smallest absolute Gasteiger partial charge is 0.270 e. The van der Waals surface area contributed by atoms with E-state index in [1.165, 1.54) is 49.1 Å². The van der Waals surface area contributed by atoms with Gasteiger partial charge in [0.05, 0.1) is 0 Å². The third kappa shape index (κ3) is 4.45. The maximum absolute atomic E-state index is 12.5. The second-order valence-corrected chi connectivity index (χ2v) is 6.81. The Morgan fingerprint density at radius 2 is 1.96 bits per heavy atom. The van der Waals surface area contributed by atoms with Crippen molar-refractivity contribution >= 4 is 11.6 Å². The minimum atomic E-state index is -0.365. The van der Waals surface area contributed by atoms with Crippen LogP contribution in [0.15, 0.2) is 29.3 Å². The van der Waals surface area contributed by atoms with E-state index in [2.05, 4.69) is 15.6 Å². The Morgan fingerprint density at radius 1 is 1.20 bits per heavy atom. The molecule has 1 amide bonds. The molecule has 2 heterocycles. The van der Waals surface area contributed by atoms with Gasteiger partial charge in [-0.1, -0.05) is 31.7 Å².